The van der Waals surface area contributed by atoms with Crippen LogP contribution in [0.1, 0.15) is 22.3 Å². The molecule has 0 radical (unpaired) electrons. The van der Waals surface area contributed by atoms with Crippen LogP contribution in [0, 0.1) is 12.8 Å². The summed E-state index contributed by atoms with van der Waals surface area (Å²) >= 11 is 0. The normalized spacial score (nSPS) is 9.51. The van der Waals surface area contributed by atoms with Gasteiger partial charge in [0.15, 0.2) is 0 Å². The topological polar surface area (TPSA) is 85.6 Å². The van der Waals surface area contributed by atoms with Crippen molar-refractivity contribution in [1.82, 2.24) is 0 Å². The van der Waals surface area contributed by atoms with Crippen LogP contribution in [0.3, 0.4) is 0 Å². The van der Waals surface area contributed by atoms with Gasteiger partial charge in [0.25, 0.3) is 11.6 Å². The number of hydrogen-bond acceptors (Lipinski definition) is 0. The average Bonchev–Trinajstić information content (AvgIpc) is 2.91. The molecule has 0 spiro atoms. The second kappa shape index (κ2) is 15.9. The molecule has 0 aliphatic heterocycles. The zero-order chi connectivity index (χ0) is 25.6. The molecule has 5 heteroatoms. The minimum absolute atomic E-state index is 0. The van der Waals surface area contributed by atoms with Gasteiger partial charge in [0.1, 0.15) is 0 Å². The fraction of sp³-hybridized carbons (Fsp3) is 0.0625. The Morgan fingerprint density at radius 3 is 1.00 bits per heavy atom. The van der Waals surface area contributed by atoms with Crippen LogP contribution in [0.5, 0.6) is 0 Å². The molecule has 4 rings (SSSR count). The maximum absolute atomic E-state index is 9.85. The van der Waals surface area contributed by atoms with Crippen LogP contribution in [0.2, 0.25) is 0 Å². The third kappa shape index (κ3) is 10.7. The molecule has 4 aromatic rings. The van der Waals surface area contributed by atoms with Crippen molar-refractivity contribution in [1.29, 1.82) is 0 Å². The van der Waals surface area contributed by atoms with Crippen LogP contribution in [0.15, 0.2) is 121 Å². The minimum Gasteiger partial charge on any atom is -0.313 e. The van der Waals surface area contributed by atoms with Crippen molar-refractivity contribution < 1.29 is 40.9 Å². The molecule has 0 aliphatic carbocycles. The molecule has 4 nitrogen and oxygen atoms in total. The molecule has 0 fully saturated rings. The zero-order valence-electron chi connectivity index (χ0n) is 20.4. The Kier molecular flexibility index (Phi) is 12.6. The van der Waals surface area contributed by atoms with Crippen LogP contribution in [-0.4, -0.2) is 42.3 Å². The van der Waals surface area contributed by atoms with E-state index in [2.05, 4.69) is 0 Å². The van der Waals surface area contributed by atoms with Crippen molar-refractivity contribution in [2.24, 2.45) is 0 Å². The third-order valence-corrected chi connectivity index (χ3v) is 5.20. The number of carbonyl (C=O) groups excluding carboxylic acids is 4. The molecule has 4 N–H and O–H groups in total. The Bertz CT molecular complexity index is 1170. The van der Waals surface area contributed by atoms with E-state index in [1.54, 1.807) is 24.3 Å². The molecule has 0 atom stereocenters. The van der Waals surface area contributed by atoms with E-state index in [0.717, 1.165) is 11.1 Å². The Balaban J connectivity index is 0.000000253. The SMILES string of the molecule is [OH+]=C([CH-]C(=[OH+])c1ccccc1)Cc1ccccc1.[OH+]=C([CH-]C(=[OH+])c1ccccc1)Cc1ccccc1.[Ti]. The van der Waals surface area contributed by atoms with Crippen molar-refractivity contribution in [3.05, 3.63) is 156 Å². The van der Waals surface area contributed by atoms with Crippen LogP contribution in [-0.2, 0) is 34.6 Å². The molecule has 0 saturated heterocycles. The summed E-state index contributed by atoms with van der Waals surface area (Å²) in [4.78, 5) is 39.3. The van der Waals surface area contributed by atoms with Crippen molar-refractivity contribution >= 4 is 23.1 Å². The molecule has 0 unspecified atom stereocenters. The van der Waals surface area contributed by atoms with E-state index in [4.69, 9.17) is 0 Å². The van der Waals surface area contributed by atoms with E-state index < -0.39 is 0 Å². The molecule has 0 amide bonds. The Morgan fingerprint density at radius 1 is 0.432 bits per heavy atom. The summed E-state index contributed by atoms with van der Waals surface area (Å²) < 4.78 is 0. The predicted octanol–water partition coefficient (Wildman–Crippen LogP) is 5.14. The summed E-state index contributed by atoms with van der Waals surface area (Å²) in [5, 5.41) is 0. The number of hydrogen-bond donors (Lipinski definition) is 0. The van der Waals surface area contributed by atoms with E-state index in [1.807, 2.05) is 97.1 Å². The van der Waals surface area contributed by atoms with Crippen molar-refractivity contribution in [3.8, 4) is 0 Å². The van der Waals surface area contributed by atoms with Gasteiger partial charge in [-0.05, 0) is 24.0 Å². The summed E-state index contributed by atoms with van der Waals surface area (Å²) in [6.07, 6.45) is 3.61. The monoisotopic (exact) mass is 526 g/mol. The van der Waals surface area contributed by atoms with Gasteiger partial charge >= 0.3 is 0 Å². The largest absolute Gasteiger partial charge is 0.313 e. The van der Waals surface area contributed by atoms with Crippen molar-refractivity contribution in [3.63, 3.8) is 0 Å². The third-order valence-electron chi connectivity index (χ3n) is 5.20. The van der Waals surface area contributed by atoms with Crippen molar-refractivity contribution in [2.75, 3.05) is 0 Å². The molecule has 0 heterocycles. The van der Waals surface area contributed by atoms with Gasteiger partial charge in [-0.25, -0.2) is 0 Å². The Morgan fingerprint density at radius 2 is 0.703 bits per heavy atom. The Labute approximate surface area is 232 Å². The average molecular weight is 526 g/mol. The first-order chi connectivity index (χ1) is 17.5. The summed E-state index contributed by atoms with van der Waals surface area (Å²) in [5.41, 5.74) is 3.40. The smallest absolute Gasteiger partial charge is 0.254 e. The second-order valence-corrected chi connectivity index (χ2v) is 8.10. The van der Waals surface area contributed by atoms with Gasteiger partial charge in [0.2, 0.25) is 11.6 Å². The van der Waals surface area contributed by atoms with E-state index in [-0.39, 0.29) is 44.9 Å². The molecular weight excluding hydrogens is 496 g/mol. The van der Waals surface area contributed by atoms with E-state index in [1.165, 1.54) is 12.8 Å². The first-order valence-corrected chi connectivity index (χ1v) is 11.6. The van der Waals surface area contributed by atoms with Crippen LogP contribution in [0.25, 0.3) is 0 Å². The maximum Gasteiger partial charge on any atom is 0.254 e. The van der Waals surface area contributed by atoms with E-state index in [0.29, 0.717) is 24.0 Å². The zero-order valence-corrected chi connectivity index (χ0v) is 22.0. The van der Waals surface area contributed by atoms with Crippen LogP contribution in [0.4, 0.5) is 0 Å². The first-order valence-electron chi connectivity index (χ1n) is 11.6. The molecule has 37 heavy (non-hydrogen) atoms. The number of rotatable bonds is 10. The summed E-state index contributed by atoms with van der Waals surface area (Å²) in [6, 6.07) is 37.6. The van der Waals surface area contributed by atoms with Crippen LogP contribution >= 0.6 is 0 Å². The van der Waals surface area contributed by atoms with Gasteiger partial charge in [-0.2, -0.15) is 0 Å². The summed E-state index contributed by atoms with van der Waals surface area (Å²) in [5.74, 6) is 0.429. The quantitative estimate of drug-likeness (QED) is 0.0901. The molecular formula is C32H30O4Ti+2. The standard InChI is InChI=1S/2C16H13O2.Ti/c2*17-15(11-13-7-3-1-4-8-13)12-16(18)14-9-5-2-6-10-14;/h2*1-10,12H,11H2;/q2*-1;/p+4. The van der Waals surface area contributed by atoms with Gasteiger partial charge in [0.05, 0.1) is 12.8 Å². The van der Waals surface area contributed by atoms with Gasteiger partial charge in [-0.15, -0.1) is 24.3 Å². The summed E-state index contributed by atoms with van der Waals surface area (Å²) in [7, 11) is 0. The molecule has 184 valence electrons. The van der Waals surface area contributed by atoms with Gasteiger partial charge in [0, 0.05) is 21.7 Å². The molecule has 0 saturated carbocycles. The summed E-state index contributed by atoms with van der Waals surface area (Å²) in [6.45, 7) is 0. The minimum atomic E-state index is 0. The van der Waals surface area contributed by atoms with E-state index in [9.17, 15) is 19.2 Å². The second-order valence-electron chi connectivity index (χ2n) is 8.10. The molecule has 0 aromatic heterocycles. The van der Waals surface area contributed by atoms with Gasteiger partial charge in [-0.3, -0.25) is 9.59 Å². The number of ketones is 4. The predicted molar refractivity (Wildman–Crippen MR) is 148 cm³/mol. The molecule has 4 aromatic carbocycles. The maximum atomic E-state index is 9.85. The fourth-order valence-electron chi connectivity index (χ4n) is 3.41. The molecule has 0 bridgehead atoms. The van der Waals surface area contributed by atoms with Gasteiger partial charge < -0.3 is 9.59 Å². The first kappa shape index (κ1) is 29.2. The fourth-order valence-corrected chi connectivity index (χ4v) is 3.41. The van der Waals surface area contributed by atoms with Crippen molar-refractivity contribution in [2.45, 2.75) is 12.8 Å². The van der Waals surface area contributed by atoms with E-state index >= 15 is 0 Å². The Hall–Kier alpha value is -3.99. The van der Waals surface area contributed by atoms with Crippen LogP contribution < -0.4 is 0 Å². The number of benzene rings is 4. The molecule has 0 aliphatic rings. The van der Waals surface area contributed by atoms with Gasteiger partial charge in [-0.1, -0.05) is 108 Å².